The number of aliphatic hydroxyl groups is 1. The number of piperidine rings is 1. The minimum atomic E-state index is -0.173. The molecule has 2 aliphatic rings. The molecule has 0 aliphatic carbocycles. The summed E-state index contributed by atoms with van der Waals surface area (Å²) in [6, 6.07) is 10.6. The standard InChI is InChI=1S/C21H33N3O2/c1-16(2)18-13-19(23-22-18)20(26)24-12-6-10-21(14-24,15-25)11-9-17-7-4-3-5-8-17/h3-5,7-8,16,18-19,22-23,25H,6,9-15H2,1-2H3. The zero-order valence-corrected chi connectivity index (χ0v) is 16.1. The summed E-state index contributed by atoms with van der Waals surface area (Å²) in [5, 5.41) is 10.1. The van der Waals surface area contributed by atoms with Crippen molar-refractivity contribution >= 4 is 5.91 Å². The maximum atomic E-state index is 13.0. The number of likely N-dealkylation sites (tertiary alicyclic amines) is 1. The van der Waals surface area contributed by atoms with E-state index in [1.807, 2.05) is 11.0 Å². The number of aliphatic hydroxyl groups excluding tert-OH is 1. The second-order valence-electron chi connectivity index (χ2n) is 8.43. The van der Waals surface area contributed by atoms with E-state index >= 15 is 0 Å². The first-order valence-electron chi connectivity index (χ1n) is 9.98. The molecule has 1 aromatic rings. The molecule has 0 radical (unpaired) electrons. The van der Waals surface area contributed by atoms with E-state index in [-0.39, 0.29) is 24.0 Å². The summed E-state index contributed by atoms with van der Waals surface area (Å²) >= 11 is 0. The molecule has 3 N–H and O–H groups in total. The van der Waals surface area contributed by atoms with Crippen LogP contribution in [-0.2, 0) is 11.2 Å². The number of hydrogen-bond donors (Lipinski definition) is 3. The molecule has 0 bridgehead atoms. The number of amides is 1. The topological polar surface area (TPSA) is 64.6 Å². The fourth-order valence-electron chi connectivity index (χ4n) is 4.26. The Morgan fingerprint density at radius 2 is 2.08 bits per heavy atom. The third kappa shape index (κ3) is 4.45. The molecule has 26 heavy (non-hydrogen) atoms. The lowest BCUT2D eigenvalue weighted by Crippen LogP contribution is -2.53. The fraction of sp³-hybridized carbons (Fsp3) is 0.667. The summed E-state index contributed by atoms with van der Waals surface area (Å²) in [5.41, 5.74) is 7.57. The van der Waals surface area contributed by atoms with Crippen molar-refractivity contribution in [3.05, 3.63) is 35.9 Å². The van der Waals surface area contributed by atoms with Crippen LogP contribution in [0.15, 0.2) is 30.3 Å². The van der Waals surface area contributed by atoms with Gasteiger partial charge in [0.05, 0.1) is 6.61 Å². The average Bonchev–Trinajstić information content (AvgIpc) is 3.17. The van der Waals surface area contributed by atoms with Gasteiger partial charge in [-0.15, -0.1) is 0 Å². The second kappa shape index (κ2) is 8.51. The van der Waals surface area contributed by atoms with Crippen LogP contribution in [0.25, 0.3) is 0 Å². The van der Waals surface area contributed by atoms with Crippen LogP contribution < -0.4 is 10.9 Å². The zero-order valence-electron chi connectivity index (χ0n) is 16.1. The number of benzene rings is 1. The minimum Gasteiger partial charge on any atom is -0.396 e. The van der Waals surface area contributed by atoms with E-state index in [0.717, 1.165) is 38.6 Å². The molecule has 2 aliphatic heterocycles. The van der Waals surface area contributed by atoms with Gasteiger partial charge in [0.1, 0.15) is 6.04 Å². The van der Waals surface area contributed by atoms with Crippen LogP contribution in [0.2, 0.25) is 0 Å². The zero-order chi connectivity index (χ0) is 18.6. The van der Waals surface area contributed by atoms with Gasteiger partial charge in [0, 0.05) is 24.5 Å². The number of hydrazine groups is 1. The molecule has 3 rings (SSSR count). The largest absolute Gasteiger partial charge is 0.396 e. The Morgan fingerprint density at radius 3 is 2.73 bits per heavy atom. The van der Waals surface area contributed by atoms with E-state index in [0.29, 0.717) is 18.5 Å². The Labute approximate surface area is 157 Å². The van der Waals surface area contributed by atoms with Crippen LogP contribution >= 0.6 is 0 Å². The first-order chi connectivity index (χ1) is 12.5. The maximum Gasteiger partial charge on any atom is 0.241 e. The quantitative estimate of drug-likeness (QED) is 0.728. The molecule has 3 atom stereocenters. The molecule has 5 nitrogen and oxygen atoms in total. The van der Waals surface area contributed by atoms with E-state index in [9.17, 15) is 9.90 Å². The Balaban J connectivity index is 1.60. The predicted octanol–water partition coefficient (Wildman–Crippen LogP) is 2.11. The Hall–Kier alpha value is -1.43. The summed E-state index contributed by atoms with van der Waals surface area (Å²) in [4.78, 5) is 15.0. The monoisotopic (exact) mass is 359 g/mol. The van der Waals surface area contributed by atoms with Crippen molar-refractivity contribution in [1.29, 1.82) is 0 Å². The number of hydrogen-bond acceptors (Lipinski definition) is 4. The first-order valence-corrected chi connectivity index (χ1v) is 9.98. The van der Waals surface area contributed by atoms with Crippen molar-refractivity contribution in [3.63, 3.8) is 0 Å². The Bertz CT molecular complexity index is 592. The van der Waals surface area contributed by atoms with Gasteiger partial charge in [-0.25, -0.2) is 5.43 Å². The van der Waals surface area contributed by atoms with Gasteiger partial charge in [0.25, 0.3) is 0 Å². The van der Waals surface area contributed by atoms with E-state index in [4.69, 9.17) is 0 Å². The number of rotatable bonds is 6. The molecular weight excluding hydrogens is 326 g/mol. The van der Waals surface area contributed by atoms with Crippen molar-refractivity contribution in [2.24, 2.45) is 11.3 Å². The normalized spacial score (nSPS) is 29.3. The van der Waals surface area contributed by atoms with E-state index < -0.39 is 0 Å². The van der Waals surface area contributed by atoms with Gasteiger partial charge in [0.15, 0.2) is 0 Å². The number of carbonyl (C=O) groups excluding carboxylic acids is 1. The molecule has 0 spiro atoms. The van der Waals surface area contributed by atoms with Gasteiger partial charge in [-0.2, -0.15) is 0 Å². The van der Waals surface area contributed by atoms with E-state index in [1.54, 1.807) is 0 Å². The summed E-state index contributed by atoms with van der Waals surface area (Å²) in [6.07, 6.45) is 4.66. The highest BCUT2D eigenvalue weighted by Gasteiger charge is 2.40. The van der Waals surface area contributed by atoms with Crippen LogP contribution in [-0.4, -0.2) is 47.7 Å². The molecule has 144 valence electrons. The molecule has 0 aromatic heterocycles. The van der Waals surface area contributed by atoms with Crippen LogP contribution in [0.5, 0.6) is 0 Å². The fourth-order valence-corrected chi connectivity index (χ4v) is 4.26. The highest BCUT2D eigenvalue weighted by Crippen LogP contribution is 2.35. The SMILES string of the molecule is CC(C)C1CC(C(=O)N2CCCC(CO)(CCc3ccccc3)C2)NN1. The molecule has 5 heteroatoms. The third-order valence-corrected chi connectivity index (χ3v) is 6.13. The van der Waals surface area contributed by atoms with Crippen molar-refractivity contribution in [1.82, 2.24) is 15.8 Å². The highest BCUT2D eigenvalue weighted by atomic mass is 16.3. The van der Waals surface area contributed by atoms with Gasteiger partial charge in [-0.1, -0.05) is 44.2 Å². The molecule has 2 saturated heterocycles. The molecule has 3 unspecified atom stereocenters. The van der Waals surface area contributed by atoms with Crippen LogP contribution in [0.1, 0.15) is 45.1 Å². The van der Waals surface area contributed by atoms with Crippen molar-refractivity contribution in [2.45, 2.75) is 58.0 Å². The number of carbonyl (C=O) groups is 1. The van der Waals surface area contributed by atoms with E-state index in [2.05, 4.69) is 49.0 Å². The summed E-state index contributed by atoms with van der Waals surface area (Å²) in [6.45, 7) is 5.96. The van der Waals surface area contributed by atoms with Gasteiger partial charge in [-0.3, -0.25) is 10.2 Å². The minimum absolute atomic E-state index is 0.147. The second-order valence-corrected chi connectivity index (χ2v) is 8.43. The Morgan fingerprint density at radius 1 is 1.31 bits per heavy atom. The van der Waals surface area contributed by atoms with Gasteiger partial charge < -0.3 is 10.0 Å². The molecular formula is C21H33N3O2. The molecule has 2 fully saturated rings. The van der Waals surface area contributed by atoms with E-state index in [1.165, 1.54) is 5.56 Å². The van der Waals surface area contributed by atoms with Gasteiger partial charge in [0.2, 0.25) is 5.91 Å². The van der Waals surface area contributed by atoms with Crippen LogP contribution in [0.3, 0.4) is 0 Å². The first kappa shape index (κ1) is 19.3. The predicted molar refractivity (Wildman–Crippen MR) is 103 cm³/mol. The molecule has 2 heterocycles. The maximum absolute atomic E-state index is 13.0. The summed E-state index contributed by atoms with van der Waals surface area (Å²) in [7, 11) is 0. The third-order valence-electron chi connectivity index (χ3n) is 6.13. The molecule has 1 amide bonds. The van der Waals surface area contributed by atoms with Gasteiger partial charge >= 0.3 is 0 Å². The summed E-state index contributed by atoms with van der Waals surface area (Å²) in [5.74, 6) is 0.682. The van der Waals surface area contributed by atoms with Crippen molar-refractivity contribution in [2.75, 3.05) is 19.7 Å². The Kier molecular flexibility index (Phi) is 6.33. The summed E-state index contributed by atoms with van der Waals surface area (Å²) < 4.78 is 0. The van der Waals surface area contributed by atoms with Gasteiger partial charge in [-0.05, 0) is 43.6 Å². The van der Waals surface area contributed by atoms with Crippen molar-refractivity contribution in [3.8, 4) is 0 Å². The number of nitrogens with one attached hydrogen (secondary N) is 2. The molecule has 1 aromatic carbocycles. The lowest BCUT2D eigenvalue weighted by molar-refractivity contribution is -0.137. The lowest BCUT2D eigenvalue weighted by atomic mass is 9.76. The lowest BCUT2D eigenvalue weighted by Gasteiger charge is -2.42. The smallest absolute Gasteiger partial charge is 0.241 e. The van der Waals surface area contributed by atoms with Crippen LogP contribution in [0.4, 0.5) is 0 Å². The average molecular weight is 360 g/mol. The number of nitrogens with zero attached hydrogens (tertiary/aromatic N) is 1. The molecule has 0 saturated carbocycles. The highest BCUT2D eigenvalue weighted by molar-refractivity contribution is 5.82. The number of aryl methyl sites for hydroxylation is 1. The van der Waals surface area contributed by atoms with Crippen LogP contribution in [0, 0.1) is 11.3 Å². The van der Waals surface area contributed by atoms with Crippen molar-refractivity contribution < 1.29 is 9.90 Å².